The summed E-state index contributed by atoms with van der Waals surface area (Å²) in [5, 5.41) is 12.3. The first-order valence-corrected chi connectivity index (χ1v) is 12.3. The Morgan fingerprint density at radius 1 is 0.917 bits per heavy atom. The molecular weight excluding hydrogens is 477 g/mol. The van der Waals surface area contributed by atoms with Gasteiger partial charge in [0.2, 0.25) is 5.89 Å². The van der Waals surface area contributed by atoms with Crippen LogP contribution in [0.3, 0.4) is 0 Å². The minimum Gasteiger partial charge on any atom is -0.447 e. The molecule has 0 saturated carbocycles. The number of benzene rings is 3. The molecule has 0 aliphatic rings. The topological polar surface area (TPSA) is 85.8 Å². The third-order valence-corrected chi connectivity index (χ3v) is 6.31. The predicted octanol–water partition coefficient (Wildman–Crippen LogP) is 5.21. The van der Waals surface area contributed by atoms with Gasteiger partial charge >= 0.3 is 0 Å². The van der Waals surface area contributed by atoms with Crippen LogP contribution in [0, 0.1) is 5.82 Å². The molecule has 0 spiro atoms. The lowest BCUT2D eigenvalue weighted by Gasteiger charge is -2.10. The van der Waals surface area contributed by atoms with E-state index in [1.54, 1.807) is 12.1 Å². The van der Waals surface area contributed by atoms with Crippen LogP contribution in [0.4, 0.5) is 4.39 Å². The first kappa shape index (κ1) is 23.5. The summed E-state index contributed by atoms with van der Waals surface area (Å²) in [6.45, 7) is 0.264. The highest BCUT2D eigenvalue weighted by molar-refractivity contribution is 7.98. The highest BCUT2D eigenvalue weighted by Gasteiger charge is 2.17. The molecule has 0 fully saturated rings. The predicted molar refractivity (Wildman–Crippen MR) is 134 cm³/mol. The van der Waals surface area contributed by atoms with Crippen LogP contribution in [-0.4, -0.2) is 25.7 Å². The summed E-state index contributed by atoms with van der Waals surface area (Å²) in [5.74, 6) is 0.917. The zero-order valence-corrected chi connectivity index (χ0v) is 20.0. The lowest BCUT2D eigenvalue weighted by Crippen LogP contribution is -2.23. The largest absolute Gasteiger partial charge is 0.447 e. The third-order valence-electron chi connectivity index (χ3n) is 5.40. The first-order valence-electron chi connectivity index (χ1n) is 11.3. The van der Waals surface area contributed by atoms with E-state index >= 15 is 0 Å². The summed E-state index contributed by atoms with van der Waals surface area (Å²) in [4.78, 5) is 16.8. The number of aromatic nitrogens is 4. The fourth-order valence-electron chi connectivity index (χ4n) is 3.61. The van der Waals surface area contributed by atoms with Crippen LogP contribution in [0.1, 0.15) is 33.3 Å². The van der Waals surface area contributed by atoms with Crippen LogP contribution in [0.5, 0.6) is 0 Å². The van der Waals surface area contributed by atoms with Gasteiger partial charge in [-0.25, -0.2) is 9.37 Å². The van der Waals surface area contributed by atoms with Crippen molar-refractivity contribution in [1.82, 2.24) is 25.1 Å². The summed E-state index contributed by atoms with van der Waals surface area (Å²) < 4.78 is 20.6. The Labute approximate surface area is 211 Å². The molecule has 5 rings (SSSR count). The Bertz CT molecular complexity index is 1440. The molecular formula is C27H22FN5O2S. The molecule has 0 atom stereocenters. The van der Waals surface area contributed by atoms with Crippen LogP contribution >= 0.6 is 11.8 Å². The molecule has 0 unspecified atom stereocenters. The summed E-state index contributed by atoms with van der Waals surface area (Å²) >= 11 is 1.43. The zero-order chi connectivity index (χ0) is 24.7. The second kappa shape index (κ2) is 11.0. The van der Waals surface area contributed by atoms with Crippen LogP contribution in [0.2, 0.25) is 0 Å². The minimum absolute atomic E-state index is 0.182. The van der Waals surface area contributed by atoms with E-state index in [0.717, 1.165) is 22.6 Å². The van der Waals surface area contributed by atoms with Gasteiger partial charge < -0.3 is 9.73 Å². The van der Waals surface area contributed by atoms with Crippen molar-refractivity contribution in [2.24, 2.45) is 0 Å². The van der Waals surface area contributed by atoms with E-state index in [0.29, 0.717) is 23.2 Å². The fourth-order valence-corrected chi connectivity index (χ4v) is 4.43. The molecule has 2 aromatic heterocycles. The van der Waals surface area contributed by atoms with Gasteiger partial charge in [-0.15, -0.1) is 10.2 Å². The van der Waals surface area contributed by atoms with Crippen LogP contribution in [0.15, 0.2) is 101 Å². The van der Waals surface area contributed by atoms with Gasteiger partial charge in [0.15, 0.2) is 10.9 Å². The van der Waals surface area contributed by atoms with Crippen molar-refractivity contribution < 1.29 is 13.6 Å². The number of nitrogens with zero attached hydrogens (tertiary/aromatic N) is 4. The van der Waals surface area contributed by atoms with Gasteiger partial charge in [-0.3, -0.25) is 9.36 Å². The van der Waals surface area contributed by atoms with Gasteiger partial charge in [0, 0.05) is 18.7 Å². The molecule has 36 heavy (non-hydrogen) atoms. The van der Waals surface area contributed by atoms with E-state index in [1.165, 1.54) is 30.2 Å². The number of rotatable bonds is 9. The molecule has 1 N–H and O–H groups in total. The molecule has 0 aliphatic heterocycles. The summed E-state index contributed by atoms with van der Waals surface area (Å²) in [6.07, 6.45) is 1.97. The quantitative estimate of drug-likeness (QED) is 0.280. The van der Waals surface area contributed by atoms with Crippen LogP contribution in [0.25, 0.3) is 5.69 Å². The lowest BCUT2D eigenvalue weighted by molar-refractivity contribution is 0.0946. The Balaban J connectivity index is 1.27. The van der Waals surface area contributed by atoms with E-state index < -0.39 is 0 Å². The van der Waals surface area contributed by atoms with E-state index in [2.05, 4.69) is 32.6 Å². The fraction of sp³-hybridized carbons (Fsp3) is 0.111. The van der Waals surface area contributed by atoms with Crippen LogP contribution < -0.4 is 5.32 Å². The molecule has 0 radical (unpaired) electrons. The number of carbonyl (C=O) groups excluding carboxylic acids is 1. The highest BCUT2D eigenvalue weighted by Crippen LogP contribution is 2.26. The van der Waals surface area contributed by atoms with E-state index in [9.17, 15) is 9.18 Å². The van der Waals surface area contributed by atoms with Gasteiger partial charge in [-0.1, -0.05) is 72.4 Å². The number of hydrogen-bond acceptors (Lipinski definition) is 6. The SMILES string of the molecule is O=C(NCc1ccc(F)cc1)c1coc(CSc2nnc(Cc3ccccc3)n2-c2ccccc2)n1. The Hall–Kier alpha value is -4.24. The summed E-state index contributed by atoms with van der Waals surface area (Å²) in [7, 11) is 0. The Morgan fingerprint density at radius 2 is 1.64 bits per heavy atom. The lowest BCUT2D eigenvalue weighted by atomic mass is 10.1. The van der Waals surface area contributed by atoms with Crippen molar-refractivity contribution in [2.45, 2.75) is 23.9 Å². The molecule has 0 aliphatic carbocycles. The van der Waals surface area contributed by atoms with Crippen molar-refractivity contribution in [1.29, 1.82) is 0 Å². The number of nitrogens with one attached hydrogen (secondary N) is 1. The maximum Gasteiger partial charge on any atom is 0.273 e. The van der Waals surface area contributed by atoms with Crippen molar-refractivity contribution >= 4 is 17.7 Å². The monoisotopic (exact) mass is 499 g/mol. The Morgan fingerprint density at radius 3 is 2.39 bits per heavy atom. The van der Waals surface area contributed by atoms with Crippen molar-refractivity contribution in [3.05, 3.63) is 126 Å². The number of para-hydroxylation sites is 1. The normalized spacial score (nSPS) is 10.9. The van der Waals surface area contributed by atoms with Gasteiger partial charge in [0.25, 0.3) is 5.91 Å². The standard InChI is InChI=1S/C27H22FN5O2S/c28-21-13-11-20(12-14-21)16-29-26(34)23-17-35-25(30-23)18-36-27-32-31-24(15-19-7-3-1-4-8-19)33(27)22-9-5-2-6-10-22/h1-14,17H,15-16,18H2,(H,29,34). The molecule has 0 saturated heterocycles. The number of carbonyl (C=O) groups is 1. The summed E-state index contributed by atoms with van der Waals surface area (Å²) in [5.41, 5.74) is 3.07. The summed E-state index contributed by atoms with van der Waals surface area (Å²) in [6, 6.07) is 26.0. The highest BCUT2D eigenvalue weighted by atomic mass is 32.2. The average Bonchev–Trinajstić information content (AvgIpc) is 3.55. The molecule has 2 heterocycles. The van der Waals surface area contributed by atoms with Gasteiger partial charge in [-0.05, 0) is 35.4 Å². The molecule has 1 amide bonds. The van der Waals surface area contributed by atoms with Crippen molar-refractivity contribution in [2.75, 3.05) is 0 Å². The molecule has 3 aromatic carbocycles. The second-order valence-corrected chi connectivity index (χ2v) is 8.90. The first-order chi connectivity index (χ1) is 17.7. The zero-order valence-electron chi connectivity index (χ0n) is 19.2. The maximum absolute atomic E-state index is 13.0. The molecule has 7 nitrogen and oxygen atoms in total. The smallest absolute Gasteiger partial charge is 0.273 e. The number of oxazole rings is 1. The number of amides is 1. The van der Waals surface area contributed by atoms with Gasteiger partial charge in [-0.2, -0.15) is 0 Å². The van der Waals surface area contributed by atoms with E-state index in [4.69, 9.17) is 4.42 Å². The van der Waals surface area contributed by atoms with Gasteiger partial charge in [0.1, 0.15) is 17.9 Å². The van der Waals surface area contributed by atoms with Gasteiger partial charge in [0.05, 0.1) is 5.75 Å². The van der Waals surface area contributed by atoms with Crippen molar-refractivity contribution in [3.8, 4) is 5.69 Å². The van der Waals surface area contributed by atoms with E-state index in [-0.39, 0.29) is 24.0 Å². The second-order valence-electron chi connectivity index (χ2n) is 7.96. The van der Waals surface area contributed by atoms with Crippen molar-refractivity contribution in [3.63, 3.8) is 0 Å². The van der Waals surface area contributed by atoms with E-state index in [1.807, 2.05) is 53.1 Å². The number of halogens is 1. The third kappa shape index (κ3) is 5.69. The van der Waals surface area contributed by atoms with Crippen LogP contribution in [-0.2, 0) is 18.7 Å². The Kier molecular flexibility index (Phi) is 7.18. The average molecular weight is 500 g/mol. The molecule has 0 bridgehead atoms. The minimum atomic E-state index is -0.364. The number of thioether (sulfide) groups is 1. The molecule has 9 heteroatoms. The number of hydrogen-bond donors (Lipinski definition) is 1. The molecule has 5 aromatic rings. The molecule has 180 valence electrons. The maximum atomic E-state index is 13.0.